The molecule has 0 aliphatic heterocycles. The molecule has 1 N–H and O–H groups in total. The van der Waals surface area contributed by atoms with E-state index in [1.54, 1.807) is 6.07 Å². The average molecular weight is 312 g/mol. The third kappa shape index (κ3) is 4.28. The van der Waals surface area contributed by atoms with Crippen molar-refractivity contribution >= 4 is 17.4 Å². The van der Waals surface area contributed by atoms with Crippen LogP contribution in [0.4, 0.5) is 11.5 Å². The van der Waals surface area contributed by atoms with Crippen molar-refractivity contribution in [1.29, 1.82) is 0 Å². The summed E-state index contributed by atoms with van der Waals surface area (Å²) in [4.78, 5) is 22.9. The number of hydrogen-bond donors (Lipinski definition) is 1. The SMILES string of the molecule is CCCCN(C)c1cc(C(=O)Nc2c(C)cccc2C)ncn1. The molecule has 0 aliphatic rings. The van der Waals surface area contributed by atoms with E-state index >= 15 is 0 Å². The van der Waals surface area contributed by atoms with Crippen molar-refractivity contribution in [2.45, 2.75) is 33.6 Å². The molecule has 0 saturated heterocycles. The standard InChI is InChI=1S/C18H24N4O/c1-5-6-10-22(4)16-11-15(19-12-20-16)18(23)21-17-13(2)8-7-9-14(17)3/h7-9,11-12H,5-6,10H2,1-4H3,(H,21,23). The molecule has 0 atom stereocenters. The quantitative estimate of drug-likeness (QED) is 0.885. The Morgan fingerprint density at radius 3 is 2.57 bits per heavy atom. The molecule has 5 heteroatoms. The number of rotatable bonds is 6. The van der Waals surface area contributed by atoms with Gasteiger partial charge in [0.05, 0.1) is 0 Å². The lowest BCUT2D eigenvalue weighted by molar-refractivity contribution is 0.102. The summed E-state index contributed by atoms with van der Waals surface area (Å²) in [6.45, 7) is 7.02. The smallest absolute Gasteiger partial charge is 0.274 e. The highest BCUT2D eigenvalue weighted by Gasteiger charge is 2.13. The predicted molar refractivity (Wildman–Crippen MR) is 94.1 cm³/mol. The highest BCUT2D eigenvalue weighted by Crippen LogP contribution is 2.20. The zero-order chi connectivity index (χ0) is 16.8. The minimum absolute atomic E-state index is 0.213. The van der Waals surface area contributed by atoms with E-state index in [0.717, 1.165) is 42.0 Å². The third-order valence-electron chi connectivity index (χ3n) is 3.84. The molecule has 122 valence electrons. The Morgan fingerprint density at radius 1 is 1.22 bits per heavy atom. The Balaban J connectivity index is 2.17. The molecule has 0 bridgehead atoms. The molecule has 1 amide bonds. The predicted octanol–water partition coefficient (Wildman–Crippen LogP) is 3.58. The second-order valence-corrected chi connectivity index (χ2v) is 5.76. The summed E-state index contributed by atoms with van der Waals surface area (Å²) in [5.74, 6) is 0.551. The molecule has 0 aliphatic carbocycles. The number of nitrogens with one attached hydrogen (secondary N) is 1. The Bertz CT molecular complexity index is 664. The fourth-order valence-electron chi connectivity index (χ4n) is 2.38. The van der Waals surface area contributed by atoms with Gasteiger partial charge in [0, 0.05) is 25.3 Å². The molecular weight excluding hydrogens is 288 g/mol. The van der Waals surface area contributed by atoms with E-state index in [0.29, 0.717) is 5.69 Å². The first-order valence-electron chi connectivity index (χ1n) is 7.93. The molecule has 2 aromatic rings. The van der Waals surface area contributed by atoms with Crippen molar-refractivity contribution < 1.29 is 4.79 Å². The molecule has 1 heterocycles. The number of carbonyl (C=O) groups excluding carboxylic acids is 1. The van der Waals surface area contributed by atoms with E-state index in [9.17, 15) is 4.79 Å². The molecule has 5 nitrogen and oxygen atoms in total. The lowest BCUT2D eigenvalue weighted by Crippen LogP contribution is -2.21. The Kier molecular flexibility index (Phi) is 5.68. The number of benzene rings is 1. The van der Waals surface area contributed by atoms with Crippen molar-refractivity contribution in [3.05, 3.63) is 47.4 Å². The maximum absolute atomic E-state index is 12.5. The first-order valence-corrected chi connectivity index (χ1v) is 7.93. The summed E-state index contributed by atoms with van der Waals surface area (Å²) in [6, 6.07) is 7.67. The molecule has 1 aromatic heterocycles. The summed E-state index contributed by atoms with van der Waals surface area (Å²) in [5.41, 5.74) is 3.29. The first-order chi connectivity index (χ1) is 11.0. The summed E-state index contributed by atoms with van der Waals surface area (Å²) in [5, 5.41) is 2.96. The molecule has 0 unspecified atom stereocenters. The van der Waals surface area contributed by atoms with Gasteiger partial charge in [-0.25, -0.2) is 9.97 Å². The van der Waals surface area contributed by atoms with Crippen LogP contribution >= 0.6 is 0 Å². The number of aromatic nitrogens is 2. The van der Waals surface area contributed by atoms with Crippen LogP contribution < -0.4 is 10.2 Å². The Labute approximate surface area is 137 Å². The summed E-state index contributed by atoms with van der Waals surface area (Å²) >= 11 is 0. The lowest BCUT2D eigenvalue weighted by Gasteiger charge is -2.18. The van der Waals surface area contributed by atoms with Crippen LogP contribution in [0.5, 0.6) is 0 Å². The number of nitrogens with zero attached hydrogens (tertiary/aromatic N) is 3. The number of unbranched alkanes of at least 4 members (excludes halogenated alkanes) is 1. The second kappa shape index (κ2) is 7.72. The van der Waals surface area contributed by atoms with Crippen LogP contribution in [-0.4, -0.2) is 29.5 Å². The number of amides is 1. The van der Waals surface area contributed by atoms with Crippen LogP contribution in [0.15, 0.2) is 30.6 Å². The lowest BCUT2D eigenvalue weighted by atomic mass is 10.1. The van der Waals surface area contributed by atoms with E-state index < -0.39 is 0 Å². The van der Waals surface area contributed by atoms with Gasteiger partial charge in [-0.1, -0.05) is 31.5 Å². The van der Waals surface area contributed by atoms with Gasteiger partial charge >= 0.3 is 0 Å². The number of carbonyl (C=O) groups is 1. The van der Waals surface area contributed by atoms with Gasteiger partial charge in [-0.2, -0.15) is 0 Å². The van der Waals surface area contributed by atoms with Gasteiger partial charge in [0.25, 0.3) is 5.91 Å². The number of para-hydroxylation sites is 1. The van der Waals surface area contributed by atoms with Crippen LogP contribution in [0.3, 0.4) is 0 Å². The van der Waals surface area contributed by atoms with Crippen molar-refractivity contribution in [2.75, 3.05) is 23.8 Å². The van der Waals surface area contributed by atoms with E-state index in [1.807, 2.05) is 44.0 Å². The number of anilines is 2. The minimum atomic E-state index is -0.213. The van der Waals surface area contributed by atoms with Crippen LogP contribution in [-0.2, 0) is 0 Å². The monoisotopic (exact) mass is 312 g/mol. The second-order valence-electron chi connectivity index (χ2n) is 5.76. The van der Waals surface area contributed by atoms with E-state index in [2.05, 4.69) is 22.2 Å². The van der Waals surface area contributed by atoms with Crippen molar-refractivity contribution in [3.8, 4) is 0 Å². The third-order valence-corrected chi connectivity index (χ3v) is 3.84. The molecular formula is C18H24N4O. The van der Waals surface area contributed by atoms with Gasteiger partial charge in [-0.05, 0) is 31.4 Å². The van der Waals surface area contributed by atoms with Crippen molar-refractivity contribution in [3.63, 3.8) is 0 Å². The van der Waals surface area contributed by atoms with E-state index in [-0.39, 0.29) is 5.91 Å². The number of hydrogen-bond acceptors (Lipinski definition) is 4. The van der Waals surface area contributed by atoms with E-state index in [1.165, 1.54) is 6.33 Å². The van der Waals surface area contributed by atoms with E-state index in [4.69, 9.17) is 0 Å². The highest BCUT2D eigenvalue weighted by molar-refractivity contribution is 6.04. The van der Waals surface area contributed by atoms with Crippen molar-refractivity contribution in [1.82, 2.24) is 9.97 Å². The summed E-state index contributed by atoms with van der Waals surface area (Å²) in [6.07, 6.45) is 3.65. The molecule has 0 radical (unpaired) electrons. The van der Waals surface area contributed by atoms with Crippen LogP contribution in [0.1, 0.15) is 41.4 Å². The van der Waals surface area contributed by atoms with Crippen LogP contribution in [0, 0.1) is 13.8 Å². The Morgan fingerprint density at radius 2 is 1.91 bits per heavy atom. The topological polar surface area (TPSA) is 58.1 Å². The highest BCUT2D eigenvalue weighted by atomic mass is 16.1. The van der Waals surface area contributed by atoms with Gasteiger partial charge in [-0.15, -0.1) is 0 Å². The normalized spacial score (nSPS) is 10.4. The fourth-order valence-corrected chi connectivity index (χ4v) is 2.38. The maximum Gasteiger partial charge on any atom is 0.274 e. The molecule has 2 rings (SSSR count). The fraction of sp³-hybridized carbons (Fsp3) is 0.389. The minimum Gasteiger partial charge on any atom is -0.360 e. The largest absolute Gasteiger partial charge is 0.360 e. The van der Waals surface area contributed by atoms with Crippen molar-refractivity contribution in [2.24, 2.45) is 0 Å². The zero-order valence-electron chi connectivity index (χ0n) is 14.3. The van der Waals surface area contributed by atoms with Gasteiger partial charge in [-0.3, -0.25) is 4.79 Å². The van der Waals surface area contributed by atoms with Crippen LogP contribution in [0.2, 0.25) is 0 Å². The van der Waals surface area contributed by atoms with Gasteiger partial charge in [0.2, 0.25) is 0 Å². The van der Waals surface area contributed by atoms with Gasteiger partial charge < -0.3 is 10.2 Å². The molecule has 0 fully saturated rings. The van der Waals surface area contributed by atoms with Gasteiger partial charge in [0.15, 0.2) is 0 Å². The molecule has 23 heavy (non-hydrogen) atoms. The Hall–Kier alpha value is -2.43. The number of aryl methyl sites for hydroxylation is 2. The first kappa shape index (κ1) is 16.9. The zero-order valence-corrected chi connectivity index (χ0v) is 14.3. The molecule has 0 spiro atoms. The van der Waals surface area contributed by atoms with Crippen LogP contribution in [0.25, 0.3) is 0 Å². The molecule has 0 saturated carbocycles. The summed E-state index contributed by atoms with van der Waals surface area (Å²) < 4.78 is 0. The van der Waals surface area contributed by atoms with Gasteiger partial charge in [0.1, 0.15) is 17.8 Å². The molecule has 1 aromatic carbocycles. The average Bonchev–Trinajstić information content (AvgIpc) is 2.56. The maximum atomic E-state index is 12.5. The summed E-state index contributed by atoms with van der Waals surface area (Å²) in [7, 11) is 1.98.